The maximum absolute atomic E-state index is 5.64. The van der Waals surface area contributed by atoms with E-state index in [9.17, 15) is 0 Å². The average molecular weight is 192 g/mol. The maximum Gasteiger partial charge on any atom is 0.0719 e. The van der Waals surface area contributed by atoms with Crippen LogP contribution in [0.5, 0.6) is 0 Å². The molecule has 0 unspecified atom stereocenters. The van der Waals surface area contributed by atoms with Crippen molar-refractivity contribution in [2.24, 2.45) is 5.41 Å². The van der Waals surface area contributed by atoms with E-state index in [0.717, 1.165) is 5.69 Å². The minimum Gasteiger partial charge on any atom is -0.396 e. The second-order valence-corrected chi connectivity index (χ2v) is 4.99. The first kappa shape index (κ1) is 8.29. The summed E-state index contributed by atoms with van der Waals surface area (Å²) in [4.78, 5) is 2.38. The third-order valence-electron chi connectivity index (χ3n) is 3.54. The molecule has 2 aliphatic rings. The topological polar surface area (TPSA) is 47.1 Å². The summed E-state index contributed by atoms with van der Waals surface area (Å²) in [6.07, 6.45) is 6.23. The third-order valence-corrected chi connectivity index (χ3v) is 3.54. The van der Waals surface area contributed by atoms with Gasteiger partial charge in [0.2, 0.25) is 0 Å². The highest BCUT2D eigenvalue weighted by molar-refractivity contribution is 5.31. The van der Waals surface area contributed by atoms with Crippen LogP contribution in [0.15, 0.2) is 12.4 Å². The van der Waals surface area contributed by atoms with Gasteiger partial charge in [0.25, 0.3) is 0 Å². The molecule has 14 heavy (non-hydrogen) atoms. The van der Waals surface area contributed by atoms with Crippen LogP contribution in [0.4, 0.5) is 5.69 Å². The number of nitrogens with two attached hydrogens (primary N) is 1. The average Bonchev–Trinajstić information content (AvgIpc) is 2.41. The molecule has 2 N–H and O–H groups in total. The number of hydrogen-bond acceptors (Lipinski definition) is 3. The first-order valence-electron chi connectivity index (χ1n) is 5.15. The first-order chi connectivity index (χ1) is 6.67. The van der Waals surface area contributed by atoms with Crippen molar-refractivity contribution >= 4 is 5.69 Å². The summed E-state index contributed by atoms with van der Waals surface area (Å²) in [7, 11) is 2.18. The van der Waals surface area contributed by atoms with Gasteiger partial charge in [-0.1, -0.05) is 0 Å². The van der Waals surface area contributed by atoms with E-state index in [1.165, 1.54) is 25.9 Å². The van der Waals surface area contributed by atoms with Crippen molar-refractivity contribution in [1.82, 2.24) is 14.7 Å². The molecule has 1 aromatic rings. The van der Waals surface area contributed by atoms with Gasteiger partial charge in [-0.15, -0.1) is 0 Å². The number of nitrogens with zero attached hydrogens (tertiary/aromatic N) is 3. The van der Waals surface area contributed by atoms with E-state index >= 15 is 0 Å². The summed E-state index contributed by atoms with van der Waals surface area (Å²) in [5.41, 5.74) is 7.04. The minimum absolute atomic E-state index is 0.598. The lowest BCUT2D eigenvalue weighted by Gasteiger charge is -2.58. The Kier molecular flexibility index (Phi) is 1.49. The molecule has 2 heterocycles. The summed E-state index contributed by atoms with van der Waals surface area (Å²) < 4.78 is 2.03. The molecule has 1 saturated heterocycles. The van der Waals surface area contributed by atoms with E-state index in [4.69, 9.17) is 5.73 Å². The Labute approximate surface area is 83.7 Å². The van der Waals surface area contributed by atoms with Crippen molar-refractivity contribution in [3.8, 4) is 0 Å². The van der Waals surface area contributed by atoms with E-state index in [1.807, 2.05) is 10.9 Å². The van der Waals surface area contributed by atoms with E-state index in [0.29, 0.717) is 11.5 Å². The van der Waals surface area contributed by atoms with Gasteiger partial charge in [-0.05, 0) is 25.3 Å². The molecule has 4 nitrogen and oxygen atoms in total. The quantitative estimate of drug-likeness (QED) is 0.713. The summed E-state index contributed by atoms with van der Waals surface area (Å²) in [6.45, 7) is 2.53. The number of nitrogen functional groups attached to an aromatic ring is 1. The molecule has 1 saturated carbocycles. The largest absolute Gasteiger partial charge is 0.396 e. The van der Waals surface area contributed by atoms with E-state index in [2.05, 4.69) is 17.0 Å². The van der Waals surface area contributed by atoms with E-state index in [-0.39, 0.29) is 0 Å². The van der Waals surface area contributed by atoms with Gasteiger partial charge >= 0.3 is 0 Å². The molecule has 0 radical (unpaired) electrons. The standard InChI is InChI=1S/C10H16N4/c1-13-6-10(7-13)2-9(3-10)14-5-8(11)4-12-14/h4-5,9H,2-3,6-7,11H2,1H3. The number of likely N-dealkylation sites (tertiary alicyclic amines) is 1. The zero-order valence-corrected chi connectivity index (χ0v) is 8.48. The molecular formula is C10H16N4. The zero-order valence-electron chi connectivity index (χ0n) is 8.48. The van der Waals surface area contributed by atoms with Gasteiger partial charge in [0, 0.05) is 19.3 Å². The highest BCUT2D eigenvalue weighted by Crippen LogP contribution is 2.53. The molecule has 0 bridgehead atoms. The molecule has 1 aliphatic carbocycles. The SMILES string of the molecule is CN1CC2(CC(n3cc(N)cn3)C2)C1. The smallest absolute Gasteiger partial charge is 0.0719 e. The zero-order chi connectivity index (χ0) is 9.76. The van der Waals surface area contributed by atoms with Crippen molar-refractivity contribution in [3.63, 3.8) is 0 Å². The lowest BCUT2D eigenvalue weighted by Crippen LogP contribution is -2.60. The van der Waals surface area contributed by atoms with Crippen molar-refractivity contribution < 1.29 is 0 Å². The Bertz CT molecular complexity index is 343. The fraction of sp³-hybridized carbons (Fsp3) is 0.700. The van der Waals surface area contributed by atoms with E-state index < -0.39 is 0 Å². The number of hydrogen-bond donors (Lipinski definition) is 1. The lowest BCUT2D eigenvalue weighted by atomic mass is 9.61. The first-order valence-corrected chi connectivity index (χ1v) is 5.15. The molecule has 3 rings (SSSR count). The van der Waals surface area contributed by atoms with Crippen LogP contribution in [-0.2, 0) is 0 Å². The summed E-state index contributed by atoms with van der Waals surface area (Å²) in [5.74, 6) is 0. The normalized spacial score (nSPS) is 26.1. The van der Waals surface area contributed by atoms with Crippen LogP contribution >= 0.6 is 0 Å². The summed E-state index contributed by atoms with van der Waals surface area (Å²) >= 11 is 0. The number of anilines is 1. The Hall–Kier alpha value is -1.03. The van der Waals surface area contributed by atoms with Crippen molar-refractivity contribution in [2.75, 3.05) is 25.9 Å². The second kappa shape index (κ2) is 2.51. The van der Waals surface area contributed by atoms with Gasteiger partial charge in [0.05, 0.1) is 17.9 Å². The molecule has 0 atom stereocenters. The minimum atomic E-state index is 0.598. The fourth-order valence-electron chi connectivity index (χ4n) is 3.04. The predicted octanol–water partition coefficient (Wildman–Crippen LogP) is 0.732. The molecule has 4 heteroatoms. The van der Waals surface area contributed by atoms with Crippen LogP contribution < -0.4 is 5.73 Å². The Morgan fingerprint density at radius 1 is 1.50 bits per heavy atom. The van der Waals surface area contributed by atoms with Crippen molar-refractivity contribution in [1.29, 1.82) is 0 Å². The van der Waals surface area contributed by atoms with Crippen LogP contribution in [0.25, 0.3) is 0 Å². The molecule has 0 amide bonds. The fourth-order valence-corrected chi connectivity index (χ4v) is 3.04. The molecule has 1 aromatic heterocycles. The van der Waals surface area contributed by atoms with Gasteiger partial charge in [0.15, 0.2) is 0 Å². The maximum atomic E-state index is 5.64. The van der Waals surface area contributed by atoms with Gasteiger partial charge in [0.1, 0.15) is 0 Å². The monoisotopic (exact) mass is 192 g/mol. The molecule has 1 spiro atoms. The lowest BCUT2D eigenvalue weighted by molar-refractivity contribution is -0.0786. The molecule has 76 valence electrons. The number of rotatable bonds is 1. The molecule has 1 aliphatic heterocycles. The van der Waals surface area contributed by atoms with Gasteiger partial charge in [-0.25, -0.2) is 0 Å². The van der Waals surface area contributed by atoms with Crippen LogP contribution in [0.2, 0.25) is 0 Å². The van der Waals surface area contributed by atoms with Gasteiger partial charge < -0.3 is 10.6 Å². The van der Waals surface area contributed by atoms with E-state index in [1.54, 1.807) is 6.20 Å². The van der Waals surface area contributed by atoms with Crippen LogP contribution in [0.1, 0.15) is 18.9 Å². The third kappa shape index (κ3) is 1.07. The highest BCUT2D eigenvalue weighted by Gasteiger charge is 2.51. The Morgan fingerprint density at radius 2 is 2.21 bits per heavy atom. The summed E-state index contributed by atoms with van der Waals surface area (Å²) in [5, 5.41) is 4.26. The number of aromatic nitrogens is 2. The Balaban J connectivity index is 1.65. The van der Waals surface area contributed by atoms with Crippen LogP contribution in [0.3, 0.4) is 0 Å². The van der Waals surface area contributed by atoms with Gasteiger partial charge in [-0.3, -0.25) is 4.68 Å². The van der Waals surface area contributed by atoms with Crippen molar-refractivity contribution in [3.05, 3.63) is 12.4 Å². The summed E-state index contributed by atoms with van der Waals surface area (Å²) in [6, 6.07) is 0.598. The second-order valence-electron chi connectivity index (χ2n) is 4.99. The molecule has 0 aromatic carbocycles. The van der Waals surface area contributed by atoms with Crippen LogP contribution in [0, 0.1) is 5.41 Å². The Morgan fingerprint density at radius 3 is 2.71 bits per heavy atom. The van der Waals surface area contributed by atoms with Gasteiger partial charge in [-0.2, -0.15) is 5.10 Å². The highest BCUT2D eigenvalue weighted by atomic mass is 15.3. The predicted molar refractivity (Wildman–Crippen MR) is 54.8 cm³/mol. The van der Waals surface area contributed by atoms with Crippen LogP contribution in [-0.4, -0.2) is 34.8 Å². The molecule has 2 fully saturated rings. The van der Waals surface area contributed by atoms with Crippen molar-refractivity contribution in [2.45, 2.75) is 18.9 Å². The molecular weight excluding hydrogens is 176 g/mol.